The lowest BCUT2D eigenvalue weighted by Crippen LogP contribution is -2.48. The Balaban J connectivity index is 1.13. The van der Waals surface area contributed by atoms with E-state index in [1.165, 1.54) is 11.3 Å². The van der Waals surface area contributed by atoms with Crippen LogP contribution in [0.2, 0.25) is 0 Å². The Kier molecular flexibility index (Phi) is 6.65. The van der Waals surface area contributed by atoms with Crippen LogP contribution >= 0.6 is 22.7 Å². The summed E-state index contributed by atoms with van der Waals surface area (Å²) in [7, 11) is 0. The second-order valence-corrected chi connectivity index (χ2v) is 8.86. The molecule has 4 heterocycles. The first-order valence-electron chi connectivity index (χ1n) is 9.69. The molecule has 0 aliphatic carbocycles. The predicted octanol–water partition coefficient (Wildman–Crippen LogP) is 2.75. The molecule has 0 saturated carbocycles. The number of carbonyl (C=O) groups excluding carboxylic acids is 1. The quantitative estimate of drug-likeness (QED) is 0.586. The zero-order valence-electron chi connectivity index (χ0n) is 16.3. The zero-order chi connectivity index (χ0) is 20.1. The summed E-state index contributed by atoms with van der Waals surface area (Å²) >= 11 is 3.07. The SMILES string of the molecule is Cc1csc(NC(=O)CN2CCN(CCCc3nc(-c4cccs4)no3)CC2)n1. The number of anilines is 1. The van der Waals surface area contributed by atoms with Gasteiger partial charge in [-0.25, -0.2) is 4.98 Å². The number of rotatable bonds is 8. The Morgan fingerprint density at radius 1 is 1.21 bits per heavy atom. The Bertz CT molecular complexity index is 915. The van der Waals surface area contributed by atoms with Crippen molar-refractivity contribution in [2.24, 2.45) is 0 Å². The summed E-state index contributed by atoms with van der Waals surface area (Å²) < 4.78 is 5.36. The number of aromatic nitrogens is 3. The normalized spacial score (nSPS) is 15.6. The van der Waals surface area contributed by atoms with Crippen molar-refractivity contribution < 1.29 is 9.32 Å². The summed E-state index contributed by atoms with van der Waals surface area (Å²) in [5.74, 6) is 1.38. The van der Waals surface area contributed by atoms with Crippen LogP contribution in [-0.4, -0.2) is 70.1 Å². The van der Waals surface area contributed by atoms with Crippen molar-refractivity contribution in [3.8, 4) is 10.7 Å². The van der Waals surface area contributed by atoms with E-state index in [1.54, 1.807) is 11.3 Å². The van der Waals surface area contributed by atoms with Crippen molar-refractivity contribution in [2.45, 2.75) is 19.8 Å². The van der Waals surface area contributed by atoms with Gasteiger partial charge in [0.05, 0.1) is 17.1 Å². The first-order chi connectivity index (χ1) is 14.2. The van der Waals surface area contributed by atoms with Gasteiger partial charge in [-0.3, -0.25) is 9.69 Å². The van der Waals surface area contributed by atoms with Gasteiger partial charge in [0, 0.05) is 38.0 Å². The minimum Gasteiger partial charge on any atom is -0.339 e. The number of thiophene rings is 1. The van der Waals surface area contributed by atoms with Crippen molar-refractivity contribution in [1.29, 1.82) is 0 Å². The molecule has 0 spiro atoms. The topological polar surface area (TPSA) is 87.4 Å². The molecule has 1 N–H and O–H groups in total. The molecule has 1 aliphatic heterocycles. The number of hydrogen-bond donors (Lipinski definition) is 1. The van der Waals surface area contributed by atoms with Crippen molar-refractivity contribution in [1.82, 2.24) is 24.9 Å². The van der Waals surface area contributed by atoms with Gasteiger partial charge in [0.2, 0.25) is 17.6 Å². The fraction of sp³-hybridized carbons (Fsp3) is 0.474. The van der Waals surface area contributed by atoms with Crippen molar-refractivity contribution in [3.63, 3.8) is 0 Å². The average Bonchev–Trinajstić information content (AvgIpc) is 3.45. The molecule has 0 bridgehead atoms. The summed E-state index contributed by atoms with van der Waals surface area (Å²) in [5, 5.41) is 11.6. The Morgan fingerprint density at radius 3 is 2.76 bits per heavy atom. The number of aryl methyl sites for hydroxylation is 2. The minimum atomic E-state index is 0.00531. The lowest BCUT2D eigenvalue weighted by molar-refractivity contribution is -0.117. The van der Waals surface area contributed by atoms with Crippen LogP contribution in [0.4, 0.5) is 5.13 Å². The third-order valence-electron chi connectivity index (χ3n) is 4.77. The van der Waals surface area contributed by atoms with E-state index in [1.807, 2.05) is 29.8 Å². The third kappa shape index (κ3) is 5.69. The summed E-state index contributed by atoms with van der Waals surface area (Å²) in [4.78, 5) is 26.6. The molecule has 3 aromatic rings. The highest BCUT2D eigenvalue weighted by Crippen LogP contribution is 2.21. The molecule has 154 valence electrons. The number of nitrogens with one attached hydrogen (secondary N) is 1. The maximum absolute atomic E-state index is 12.2. The van der Waals surface area contributed by atoms with Crippen LogP contribution in [0, 0.1) is 6.92 Å². The van der Waals surface area contributed by atoms with Gasteiger partial charge in [-0.05, 0) is 31.3 Å². The highest BCUT2D eigenvalue weighted by atomic mass is 32.1. The van der Waals surface area contributed by atoms with E-state index in [9.17, 15) is 4.79 Å². The lowest BCUT2D eigenvalue weighted by Gasteiger charge is -2.34. The van der Waals surface area contributed by atoms with Gasteiger partial charge in [-0.1, -0.05) is 11.2 Å². The molecule has 29 heavy (non-hydrogen) atoms. The summed E-state index contributed by atoms with van der Waals surface area (Å²) in [6.07, 6.45) is 1.77. The van der Waals surface area contributed by atoms with E-state index in [0.717, 1.165) is 56.1 Å². The average molecular weight is 433 g/mol. The predicted molar refractivity (Wildman–Crippen MR) is 114 cm³/mol. The number of nitrogens with zero attached hydrogens (tertiary/aromatic N) is 5. The van der Waals surface area contributed by atoms with Crippen LogP contribution in [0.3, 0.4) is 0 Å². The molecule has 4 rings (SSSR count). The number of hydrogen-bond acceptors (Lipinski definition) is 9. The molecule has 10 heteroatoms. The fourth-order valence-corrected chi connectivity index (χ4v) is 4.61. The van der Waals surface area contributed by atoms with Crippen molar-refractivity contribution in [3.05, 3.63) is 34.5 Å². The largest absolute Gasteiger partial charge is 0.339 e. The van der Waals surface area contributed by atoms with Crippen molar-refractivity contribution in [2.75, 3.05) is 44.6 Å². The Hall–Kier alpha value is -2.14. The van der Waals surface area contributed by atoms with Crippen molar-refractivity contribution >= 4 is 33.7 Å². The van der Waals surface area contributed by atoms with Crippen LogP contribution in [0.15, 0.2) is 27.4 Å². The van der Waals surface area contributed by atoms with Gasteiger partial charge < -0.3 is 14.7 Å². The second-order valence-electron chi connectivity index (χ2n) is 7.05. The molecule has 1 aliphatic rings. The molecular formula is C19H24N6O2S2. The molecule has 8 nitrogen and oxygen atoms in total. The second kappa shape index (κ2) is 9.57. The molecule has 0 radical (unpaired) electrons. The Labute approximate surface area is 177 Å². The first kappa shape index (κ1) is 20.1. The lowest BCUT2D eigenvalue weighted by atomic mass is 10.2. The maximum Gasteiger partial charge on any atom is 0.240 e. The number of piperazine rings is 1. The first-order valence-corrected chi connectivity index (χ1v) is 11.4. The zero-order valence-corrected chi connectivity index (χ0v) is 18.0. The molecule has 1 fully saturated rings. The van der Waals surface area contributed by atoms with Crippen LogP contribution in [-0.2, 0) is 11.2 Å². The molecule has 1 saturated heterocycles. The van der Waals surface area contributed by atoms with Crippen LogP contribution in [0.25, 0.3) is 10.7 Å². The van der Waals surface area contributed by atoms with E-state index < -0.39 is 0 Å². The summed E-state index contributed by atoms with van der Waals surface area (Å²) in [6, 6.07) is 3.98. The molecule has 0 aromatic carbocycles. The van der Waals surface area contributed by atoms with Crippen LogP contribution in [0.5, 0.6) is 0 Å². The van der Waals surface area contributed by atoms with Gasteiger partial charge in [-0.2, -0.15) is 4.98 Å². The Morgan fingerprint density at radius 2 is 2.03 bits per heavy atom. The number of carbonyl (C=O) groups is 1. The van der Waals surface area contributed by atoms with Gasteiger partial charge in [0.25, 0.3) is 0 Å². The smallest absolute Gasteiger partial charge is 0.240 e. The molecule has 0 atom stereocenters. The van der Waals surface area contributed by atoms with E-state index >= 15 is 0 Å². The minimum absolute atomic E-state index is 0.00531. The van der Waals surface area contributed by atoms with Gasteiger partial charge >= 0.3 is 0 Å². The highest BCUT2D eigenvalue weighted by Gasteiger charge is 2.19. The highest BCUT2D eigenvalue weighted by molar-refractivity contribution is 7.14. The maximum atomic E-state index is 12.2. The van der Waals surface area contributed by atoms with Gasteiger partial charge in [0.1, 0.15) is 0 Å². The van der Waals surface area contributed by atoms with E-state index in [0.29, 0.717) is 23.4 Å². The standard InChI is InChI=1S/C19H24N6O2S2/c1-14-13-29-19(20-14)21-16(26)12-25-9-7-24(8-10-25)6-2-5-17-22-18(23-27-17)15-4-3-11-28-15/h3-4,11,13H,2,5-10,12H2,1H3,(H,20,21,26). The van der Waals surface area contributed by atoms with E-state index in [-0.39, 0.29) is 5.91 Å². The number of amides is 1. The van der Waals surface area contributed by atoms with Gasteiger partial charge in [-0.15, -0.1) is 22.7 Å². The number of thiazole rings is 1. The van der Waals surface area contributed by atoms with Crippen LogP contribution in [0.1, 0.15) is 18.0 Å². The third-order valence-corrected chi connectivity index (χ3v) is 6.51. The van der Waals surface area contributed by atoms with E-state index in [4.69, 9.17) is 4.52 Å². The summed E-state index contributed by atoms with van der Waals surface area (Å²) in [5.41, 5.74) is 0.933. The van der Waals surface area contributed by atoms with E-state index in [2.05, 4.69) is 30.2 Å². The molecular weight excluding hydrogens is 408 g/mol. The van der Waals surface area contributed by atoms with Crippen LogP contribution < -0.4 is 5.32 Å². The fourth-order valence-electron chi connectivity index (χ4n) is 3.26. The monoisotopic (exact) mass is 432 g/mol. The summed E-state index contributed by atoms with van der Waals surface area (Å²) in [6.45, 7) is 7.06. The molecule has 0 unspecified atom stereocenters. The van der Waals surface area contributed by atoms with Gasteiger partial charge in [0.15, 0.2) is 5.13 Å². The molecule has 1 amide bonds. The molecule has 3 aromatic heterocycles.